The maximum atomic E-state index is 12.2. The Morgan fingerprint density at radius 2 is 1.96 bits per heavy atom. The fourth-order valence-electron chi connectivity index (χ4n) is 2.71. The van der Waals surface area contributed by atoms with Gasteiger partial charge >= 0.3 is 6.03 Å². The van der Waals surface area contributed by atoms with Gasteiger partial charge in [0.25, 0.3) is 0 Å². The molecule has 1 N–H and O–H groups in total. The fraction of sp³-hybridized carbons (Fsp3) is 0.316. The molecule has 2 amide bonds. The summed E-state index contributed by atoms with van der Waals surface area (Å²) in [5.41, 5.74) is 1.89. The summed E-state index contributed by atoms with van der Waals surface area (Å²) in [6, 6.07) is 15.7. The maximum Gasteiger partial charge on any atom is 0.322 e. The van der Waals surface area contributed by atoms with Gasteiger partial charge in [-0.2, -0.15) is 0 Å². The number of amides is 2. The molecule has 1 heterocycles. The molecule has 24 heavy (non-hydrogen) atoms. The summed E-state index contributed by atoms with van der Waals surface area (Å²) in [6.45, 7) is 3.15. The quantitative estimate of drug-likeness (QED) is 0.913. The molecule has 0 aromatic heterocycles. The van der Waals surface area contributed by atoms with Crippen LogP contribution in [0.5, 0.6) is 11.5 Å². The van der Waals surface area contributed by atoms with Crippen molar-refractivity contribution in [3.8, 4) is 11.5 Å². The zero-order chi connectivity index (χ0) is 16.9. The Morgan fingerprint density at radius 1 is 1.17 bits per heavy atom. The number of carbonyl (C=O) groups excluding carboxylic acids is 1. The van der Waals surface area contributed by atoms with Gasteiger partial charge in [-0.15, -0.1) is 0 Å². The van der Waals surface area contributed by atoms with Crippen molar-refractivity contribution in [1.29, 1.82) is 0 Å². The van der Waals surface area contributed by atoms with Crippen molar-refractivity contribution in [3.63, 3.8) is 0 Å². The number of carbonyl (C=O) groups is 1. The van der Waals surface area contributed by atoms with Crippen LogP contribution in [0.1, 0.15) is 18.9 Å². The predicted octanol–water partition coefficient (Wildman–Crippen LogP) is 3.58. The monoisotopic (exact) mass is 326 g/mol. The van der Waals surface area contributed by atoms with Gasteiger partial charge < -0.3 is 14.8 Å². The Balaban J connectivity index is 1.79. The van der Waals surface area contributed by atoms with Gasteiger partial charge in [0.1, 0.15) is 6.61 Å². The van der Waals surface area contributed by atoms with E-state index >= 15 is 0 Å². The average molecular weight is 326 g/mol. The van der Waals surface area contributed by atoms with Crippen molar-refractivity contribution in [2.24, 2.45) is 0 Å². The zero-order valence-corrected chi connectivity index (χ0v) is 14.0. The lowest BCUT2D eigenvalue weighted by atomic mass is 10.1. The van der Waals surface area contributed by atoms with Crippen LogP contribution in [-0.4, -0.2) is 25.7 Å². The molecule has 0 radical (unpaired) electrons. The molecule has 1 fully saturated rings. The Morgan fingerprint density at radius 3 is 2.67 bits per heavy atom. The summed E-state index contributed by atoms with van der Waals surface area (Å²) in [4.78, 5) is 13.9. The number of rotatable bonds is 5. The van der Waals surface area contributed by atoms with Gasteiger partial charge in [-0.25, -0.2) is 4.79 Å². The molecule has 3 rings (SSSR count). The van der Waals surface area contributed by atoms with Crippen LogP contribution in [-0.2, 0) is 6.61 Å². The third-order valence-electron chi connectivity index (χ3n) is 4.10. The van der Waals surface area contributed by atoms with Crippen LogP contribution >= 0.6 is 0 Å². The molecule has 1 unspecified atom stereocenters. The number of nitrogens with one attached hydrogen (secondary N) is 1. The second kappa shape index (κ2) is 7.25. The molecule has 2 aromatic carbocycles. The lowest BCUT2D eigenvalue weighted by Gasteiger charge is -2.31. The minimum atomic E-state index is -0.0760. The second-order valence-electron chi connectivity index (χ2n) is 5.90. The van der Waals surface area contributed by atoms with E-state index in [-0.39, 0.29) is 12.1 Å². The Labute approximate surface area is 142 Å². The van der Waals surface area contributed by atoms with Crippen LogP contribution in [0.3, 0.4) is 0 Å². The molecule has 5 nitrogen and oxygen atoms in total. The van der Waals surface area contributed by atoms with Gasteiger partial charge in [0.05, 0.1) is 7.11 Å². The van der Waals surface area contributed by atoms with E-state index in [1.807, 2.05) is 55.5 Å². The predicted molar refractivity (Wildman–Crippen MR) is 93.7 cm³/mol. The number of hydrogen-bond donors (Lipinski definition) is 1. The largest absolute Gasteiger partial charge is 0.493 e. The van der Waals surface area contributed by atoms with Crippen LogP contribution < -0.4 is 19.7 Å². The number of ether oxygens (including phenoxy) is 2. The molecule has 0 spiro atoms. The lowest BCUT2D eigenvalue weighted by Crippen LogP contribution is -2.50. The minimum absolute atomic E-state index is 0.0760. The summed E-state index contributed by atoms with van der Waals surface area (Å²) < 4.78 is 11.3. The molecule has 1 saturated heterocycles. The van der Waals surface area contributed by atoms with Gasteiger partial charge in [-0.05, 0) is 31.0 Å². The molecular weight excluding hydrogens is 304 g/mol. The van der Waals surface area contributed by atoms with Crippen molar-refractivity contribution < 1.29 is 14.3 Å². The lowest BCUT2D eigenvalue weighted by molar-refractivity contribution is 0.237. The number of methoxy groups -OCH3 is 1. The van der Waals surface area contributed by atoms with Crippen molar-refractivity contribution in [3.05, 3.63) is 54.1 Å². The van der Waals surface area contributed by atoms with Crippen LogP contribution in [0.2, 0.25) is 0 Å². The third-order valence-corrected chi connectivity index (χ3v) is 4.10. The van der Waals surface area contributed by atoms with Gasteiger partial charge in [0, 0.05) is 24.3 Å². The van der Waals surface area contributed by atoms with E-state index in [2.05, 4.69) is 5.32 Å². The molecule has 1 atom stereocenters. The van der Waals surface area contributed by atoms with E-state index in [4.69, 9.17) is 9.47 Å². The number of nitrogens with zero attached hydrogens (tertiary/aromatic N) is 1. The number of urea groups is 1. The topological polar surface area (TPSA) is 50.8 Å². The van der Waals surface area contributed by atoms with Crippen LogP contribution in [0.15, 0.2) is 48.5 Å². The van der Waals surface area contributed by atoms with E-state index in [1.165, 1.54) is 0 Å². The molecule has 0 bridgehead atoms. The van der Waals surface area contributed by atoms with Crippen molar-refractivity contribution in [2.75, 3.05) is 18.6 Å². The van der Waals surface area contributed by atoms with Crippen molar-refractivity contribution in [1.82, 2.24) is 5.32 Å². The first-order valence-electron chi connectivity index (χ1n) is 8.10. The van der Waals surface area contributed by atoms with Crippen molar-refractivity contribution in [2.45, 2.75) is 26.0 Å². The van der Waals surface area contributed by atoms with Gasteiger partial charge in [-0.1, -0.05) is 30.3 Å². The van der Waals surface area contributed by atoms with E-state index in [1.54, 1.807) is 12.0 Å². The molecule has 2 aromatic rings. The van der Waals surface area contributed by atoms with E-state index < -0.39 is 0 Å². The highest BCUT2D eigenvalue weighted by atomic mass is 16.5. The first-order chi connectivity index (χ1) is 11.7. The molecular formula is C19H22N2O3. The molecule has 0 aliphatic carbocycles. The molecule has 1 aliphatic rings. The maximum absolute atomic E-state index is 12.2. The third kappa shape index (κ3) is 3.62. The molecule has 126 valence electrons. The summed E-state index contributed by atoms with van der Waals surface area (Å²) in [5, 5.41) is 2.95. The Bertz CT molecular complexity index is 703. The van der Waals surface area contributed by atoms with Gasteiger partial charge in [-0.3, -0.25) is 4.90 Å². The van der Waals surface area contributed by atoms with Crippen LogP contribution in [0, 0.1) is 0 Å². The smallest absolute Gasteiger partial charge is 0.322 e. The SMILES string of the molecule is COc1ccc(N2CCC(C)NC2=O)cc1OCc1ccccc1. The normalized spacial score (nSPS) is 17.3. The van der Waals surface area contributed by atoms with E-state index in [0.717, 1.165) is 17.7 Å². The first-order valence-corrected chi connectivity index (χ1v) is 8.10. The van der Waals surface area contributed by atoms with E-state index in [0.29, 0.717) is 24.7 Å². The van der Waals surface area contributed by atoms with Crippen LogP contribution in [0.4, 0.5) is 10.5 Å². The van der Waals surface area contributed by atoms with Crippen LogP contribution in [0.25, 0.3) is 0 Å². The highest BCUT2D eigenvalue weighted by molar-refractivity contribution is 5.93. The van der Waals surface area contributed by atoms with Gasteiger partial charge in [0.15, 0.2) is 11.5 Å². The second-order valence-corrected chi connectivity index (χ2v) is 5.90. The summed E-state index contributed by atoms with van der Waals surface area (Å²) in [5.74, 6) is 1.28. The molecule has 0 saturated carbocycles. The highest BCUT2D eigenvalue weighted by Crippen LogP contribution is 2.33. The number of hydrogen-bond acceptors (Lipinski definition) is 3. The molecule has 1 aliphatic heterocycles. The van der Waals surface area contributed by atoms with Gasteiger partial charge in [0.2, 0.25) is 0 Å². The van der Waals surface area contributed by atoms with Crippen molar-refractivity contribution >= 4 is 11.7 Å². The highest BCUT2D eigenvalue weighted by Gasteiger charge is 2.24. The van der Waals surface area contributed by atoms with E-state index in [9.17, 15) is 4.79 Å². The summed E-state index contributed by atoms with van der Waals surface area (Å²) >= 11 is 0. The standard InChI is InChI=1S/C19H22N2O3/c1-14-10-11-21(19(22)20-14)16-8-9-17(23-2)18(12-16)24-13-15-6-4-3-5-7-15/h3-9,12,14H,10-11,13H2,1-2H3,(H,20,22). The first kappa shape index (κ1) is 16.2. The Kier molecular flexibility index (Phi) is 4.89. The summed E-state index contributed by atoms with van der Waals surface area (Å²) in [6.07, 6.45) is 0.915. The number of anilines is 1. The zero-order valence-electron chi connectivity index (χ0n) is 14.0. The average Bonchev–Trinajstić information content (AvgIpc) is 2.60. The minimum Gasteiger partial charge on any atom is -0.493 e. The summed E-state index contributed by atoms with van der Waals surface area (Å²) in [7, 11) is 1.61. The fourth-order valence-corrected chi connectivity index (χ4v) is 2.71. The molecule has 5 heteroatoms. The number of benzene rings is 2. The Hall–Kier alpha value is -2.69.